The summed E-state index contributed by atoms with van der Waals surface area (Å²) in [4.78, 5) is 26.2. The molecule has 0 spiro atoms. The van der Waals surface area contributed by atoms with Crippen LogP contribution in [0.5, 0.6) is 0 Å². The van der Waals surface area contributed by atoms with Crippen LogP contribution in [0.2, 0.25) is 5.02 Å². The maximum absolute atomic E-state index is 12.6. The topological polar surface area (TPSA) is 49.4 Å². The van der Waals surface area contributed by atoms with E-state index in [1.54, 1.807) is 24.3 Å². The van der Waals surface area contributed by atoms with Crippen LogP contribution < -0.4 is 10.2 Å². The molecule has 0 aromatic heterocycles. The number of hydrogen-bond donors (Lipinski definition) is 1. The third-order valence-corrected chi connectivity index (χ3v) is 4.30. The summed E-state index contributed by atoms with van der Waals surface area (Å²) in [6.07, 6.45) is 0.137. The number of nitrogens with one attached hydrogen (secondary N) is 1. The molecule has 1 N–H and O–H groups in total. The van der Waals surface area contributed by atoms with Gasteiger partial charge in [-0.3, -0.25) is 9.59 Å². The minimum Gasteiger partial charge on any atom is -0.373 e. The van der Waals surface area contributed by atoms with E-state index in [0.717, 1.165) is 16.8 Å². The Hall–Kier alpha value is -2.33. The number of benzene rings is 2. The summed E-state index contributed by atoms with van der Waals surface area (Å²) >= 11 is 5.95. The van der Waals surface area contributed by atoms with E-state index in [-0.39, 0.29) is 18.2 Å². The van der Waals surface area contributed by atoms with E-state index in [1.165, 1.54) is 4.90 Å². The molecule has 1 unspecified atom stereocenters. The molecular formula is C18H17ClN2O2. The van der Waals surface area contributed by atoms with Crippen LogP contribution in [-0.4, -0.2) is 17.9 Å². The molecule has 1 heterocycles. The summed E-state index contributed by atoms with van der Waals surface area (Å²) < 4.78 is 0. The minimum absolute atomic E-state index is 0.137. The highest BCUT2D eigenvalue weighted by Crippen LogP contribution is 2.27. The van der Waals surface area contributed by atoms with Crippen molar-refractivity contribution >= 4 is 34.8 Å². The van der Waals surface area contributed by atoms with Crippen molar-refractivity contribution in [3.63, 3.8) is 0 Å². The van der Waals surface area contributed by atoms with E-state index in [9.17, 15) is 9.59 Å². The molecule has 1 atom stereocenters. The molecule has 2 aromatic carbocycles. The molecule has 0 bridgehead atoms. The number of carbonyl (C=O) groups excluding carboxylic acids is 2. The molecular weight excluding hydrogens is 312 g/mol. The van der Waals surface area contributed by atoms with Gasteiger partial charge >= 0.3 is 0 Å². The zero-order chi connectivity index (χ0) is 16.6. The number of imide groups is 1. The second-order valence-electron chi connectivity index (χ2n) is 5.75. The predicted octanol–water partition coefficient (Wildman–Crippen LogP) is 3.70. The third-order valence-electron chi connectivity index (χ3n) is 4.06. The van der Waals surface area contributed by atoms with Gasteiger partial charge in [-0.2, -0.15) is 0 Å². The van der Waals surface area contributed by atoms with Gasteiger partial charge in [0.1, 0.15) is 6.04 Å². The number of amides is 2. The van der Waals surface area contributed by atoms with Crippen molar-refractivity contribution in [3.8, 4) is 0 Å². The molecule has 118 valence electrons. The Kier molecular flexibility index (Phi) is 4.09. The lowest BCUT2D eigenvalue weighted by molar-refractivity contribution is -0.121. The Balaban J connectivity index is 1.83. The van der Waals surface area contributed by atoms with Crippen molar-refractivity contribution in [2.45, 2.75) is 26.3 Å². The molecule has 3 rings (SSSR count). The van der Waals surface area contributed by atoms with Gasteiger partial charge in [-0.15, -0.1) is 0 Å². The van der Waals surface area contributed by atoms with Crippen molar-refractivity contribution in [1.29, 1.82) is 0 Å². The Morgan fingerprint density at radius 3 is 2.57 bits per heavy atom. The van der Waals surface area contributed by atoms with Gasteiger partial charge in [0.15, 0.2) is 0 Å². The second-order valence-corrected chi connectivity index (χ2v) is 6.18. The summed E-state index contributed by atoms with van der Waals surface area (Å²) in [6, 6.07) is 12.1. The lowest BCUT2D eigenvalue weighted by Crippen LogP contribution is -2.34. The Labute approximate surface area is 140 Å². The first kappa shape index (κ1) is 15.6. The van der Waals surface area contributed by atoms with E-state index < -0.39 is 6.04 Å². The van der Waals surface area contributed by atoms with Gasteiger partial charge in [0.25, 0.3) is 5.91 Å². The Morgan fingerprint density at radius 2 is 1.87 bits per heavy atom. The van der Waals surface area contributed by atoms with Crippen molar-refractivity contribution in [3.05, 3.63) is 58.6 Å². The molecule has 4 nitrogen and oxygen atoms in total. The Morgan fingerprint density at radius 1 is 1.09 bits per heavy atom. The first-order valence-electron chi connectivity index (χ1n) is 7.42. The summed E-state index contributed by atoms with van der Waals surface area (Å²) in [6.45, 7) is 3.96. The monoisotopic (exact) mass is 328 g/mol. The SMILES string of the molecule is Cc1ccc(N2C(=O)CC(Nc3cccc(Cl)c3)C2=O)cc1C. The highest BCUT2D eigenvalue weighted by molar-refractivity contribution is 6.30. The number of hydrogen-bond acceptors (Lipinski definition) is 3. The summed E-state index contributed by atoms with van der Waals surface area (Å²) in [5.74, 6) is -0.434. The average molecular weight is 329 g/mol. The van der Waals surface area contributed by atoms with E-state index in [0.29, 0.717) is 10.7 Å². The normalized spacial score (nSPS) is 17.7. The molecule has 0 radical (unpaired) electrons. The molecule has 1 saturated heterocycles. The van der Waals surface area contributed by atoms with Crippen LogP contribution in [0, 0.1) is 13.8 Å². The molecule has 2 amide bonds. The maximum Gasteiger partial charge on any atom is 0.256 e. The molecule has 1 aliphatic rings. The van der Waals surface area contributed by atoms with Crippen LogP contribution in [0.1, 0.15) is 17.5 Å². The zero-order valence-corrected chi connectivity index (χ0v) is 13.7. The van der Waals surface area contributed by atoms with Gasteiger partial charge in [0.2, 0.25) is 5.91 Å². The van der Waals surface area contributed by atoms with Crippen LogP contribution in [0.25, 0.3) is 0 Å². The smallest absolute Gasteiger partial charge is 0.256 e. The number of rotatable bonds is 3. The Bertz CT molecular complexity index is 788. The lowest BCUT2D eigenvalue weighted by Gasteiger charge is -2.17. The predicted molar refractivity (Wildman–Crippen MR) is 91.9 cm³/mol. The van der Waals surface area contributed by atoms with Crippen LogP contribution in [0.15, 0.2) is 42.5 Å². The molecule has 0 saturated carbocycles. The maximum atomic E-state index is 12.6. The highest BCUT2D eigenvalue weighted by atomic mass is 35.5. The molecule has 23 heavy (non-hydrogen) atoms. The average Bonchev–Trinajstić information content (AvgIpc) is 2.77. The molecule has 1 fully saturated rings. The molecule has 5 heteroatoms. The van der Waals surface area contributed by atoms with Gasteiger partial charge in [-0.05, 0) is 55.3 Å². The quantitative estimate of drug-likeness (QED) is 0.874. The van der Waals surface area contributed by atoms with Crippen LogP contribution in [0.3, 0.4) is 0 Å². The van der Waals surface area contributed by atoms with E-state index in [1.807, 2.05) is 32.0 Å². The fraction of sp³-hybridized carbons (Fsp3) is 0.222. The van der Waals surface area contributed by atoms with Gasteiger partial charge < -0.3 is 5.32 Å². The number of halogens is 1. The number of aryl methyl sites for hydroxylation is 2. The van der Waals surface area contributed by atoms with E-state index in [4.69, 9.17) is 11.6 Å². The second kappa shape index (κ2) is 6.05. The van der Waals surface area contributed by atoms with Crippen molar-refractivity contribution in [2.24, 2.45) is 0 Å². The van der Waals surface area contributed by atoms with Crippen molar-refractivity contribution < 1.29 is 9.59 Å². The number of carbonyl (C=O) groups is 2. The van der Waals surface area contributed by atoms with Crippen molar-refractivity contribution in [1.82, 2.24) is 0 Å². The van der Waals surface area contributed by atoms with Crippen LogP contribution in [-0.2, 0) is 9.59 Å². The first-order chi connectivity index (χ1) is 11.0. The number of anilines is 2. The molecule has 1 aliphatic heterocycles. The summed E-state index contributed by atoms with van der Waals surface area (Å²) in [5, 5.41) is 3.67. The summed E-state index contributed by atoms with van der Waals surface area (Å²) in [5.41, 5.74) is 3.53. The summed E-state index contributed by atoms with van der Waals surface area (Å²) in [7, 11) is 0. The third kappa shape index (κ3) is 3.08. The molecule has 2 aromatic rings. The highest BCUT2D eigenvalue weighted by Gasteiger charge is 2.39. The van der Waals surface area contributed by atoms with Gasteiger partial charge in [0, 0.05) is 10.7 Å². The van der Waals surface area contributed by atoms with Gasteiger partial charge in [0.05, 0.1) is 12.1 Å². The van der Waals surface area contributed by atoms with Gasteiger partial charge in [-0.1, -0.05) is 23.7 Å². The fourth-order valence-corrected chi connectivity index (χ4v) is 2.85. The van der Waals surface area contributed by atoms with E-state index >= 15 is 0 Å². The zero-order valence-electron chi connectivity index (χ0n) is 13.0. The molecule has 0 aliphatic carbocycles. The number of nitrogens with zero attached hydrogens (tertiary/aromatic N) is 1. The van der Waals surface area contributed by atoms with Crippen molar-refractivity contribution in [2.75, 3.05) is 10.2 Å². The minimum atomic E-state index is -0.567. The van der Waals surface area contributed by atoms with Crippen LogP contribution >= 0.6 is 11.6 Å². The van der Waals surface area contributed by atoms with Gasteiger partial charge in [-0.25, -0.2) is 4.90 Å². The lowest BCUT2D eigenvalue weighted by atomic mass is 10.1. The van der Waals surface area contributed by atoms with E-state index in [2.05, 4.69) is 5.32 Å². The first-order valence-corrected chi connectivity index (χ1v) is 7.79. The largest absolute Gasteiger partial charge is 0.373 e. The standard InChI is InChI=1S/C18H17ClN2O2/c1-11-6-7-15(8-12(11)2)21-17(22)10-16(18(21)23)20-14-5-3-4-13(19)9-14/h3-9,16,20H,10H2,1-2H3. The fourth-order valence-electron chi connectivity index (χ4n) is 2.66. The van der Waals surface area contributed by atoms with Crippen LogP contribution in [0.4, 0.5) is 11.4 Å².